The Kier molecular flexibility index (Phi) is 4.31. The second kappa shape index (κ2) is 6.97. The van der Waals surface area contributed by atoms with E-state index in [4.69, 9.17) is 0 Å². The van der Waals surface area contributed by atoms with E-state index in [-0.39, 0.29) is 5.91 Å². The number of carbonyl (C=O) groups excluding carboxylic acids is 1. The van der Waals surface area contributed by atoms with Gasteiger partial charge in [0.1, 0.15) is 0 Å². The molecule has 1 aromatic heterocycles. The Morgan fingerprint density at radius 2 is 1.68 bits per heavy atom. The van der Waals surface area contributed by atoms with Crippen molar-refractivity contribution in [1.82, 2.24) is 9.47 Å². The molecule has 1 amide bonds. The van der Waals surface area contributed by atoms with Gasteiger partial charge in [0.25, 0.3) is 5.91 Å². The van der Waals surface area contributed by atoms with Crippen LogP contribution >= 0.6 is 0 Å². The summed E-state index contributed by atoms with van der Waals surface area (Å²) in [5.74, 6) is 0.147. The maximum Gasteiger partial charge on any atom is 0.254 e. The van der Waals surface area contributed by atoms with E-state index in [2.05, 4.69) is 54.0 Å². The zero-order chi connectivity index (χ0) is 19.1. The van der Waals surface area contributed by atoms with Crippen LogP contribution in [0.2, 0.25) is 0 Å². The standard InChI is InChI=1S/C25H26N2O/c1-18-16-24(27-14-7-6-12-23(18)27)21-10-4-5-11-22(21)25(28)26-15-13-19-8-2-3-9-20(19)17-26/h2-5,8-11,16H,6-7,12-15,17H2,1H3. The van der Waals surface area contributed by atoms with Crippen LogP contribution in [0, 0.1) is 6.92 Å². The summed E-state index contributed by atoms with van der Waals surface area (Å²) in [6, 6.07) is 18.9. The van der Waals surface area contributed by atoms with Gasteiger partial charge < -0.3 is 9.47 Å². The van der Waals surface area contributed by atoms with Crippen molar-refractivity contribution >= 4 is 5.91 Å². The third-order valence-electron chi connectivity index (χ3n) is 6.32. The lowest BCUT2D eigenvalue weighted by Gasteiger charge is -2.29. The van der Waals surface area contributed by atoms with Crippen LogP contribution in [-0.2, 0) is 25.9 Å². The predicted octanol–water partition coefficient (Wildman–Crippen LogP) is 5.00. The second-order valence-corrected chi connectivity index (χ2v) is 8.06. The van der Waals surface area contributed by atoms with Crippen molar-refractivity contribution in [2.24, 2.45) is 0 Å². The van der Waals surface area contributed by atoms with Gasteiger partial charge in [0, 0.05) is 42.1 Å². The SMILES string of the molecule is Cc1cc(-c2ccccc2C(=O)N2CCc3ccccc3C2)n2c1CCCC2. The van der Waals surface area contributed by atoms with Crippen molar-refractivity contribution in [3.05, 3.63) is 82.5 Å². The molecular formula is C25H26N2O. The smallest absolute Gasteiger partial charge is 0.254 e. The molecule has 3 aromatic rings. The Bertz CT molecular complexity index is 1050. The van der Waals surface area contributed by atoms with Crippen LogP contribution < -0.4 is 0 Å². The van der Waals surface area contributed by atoms with Crippen LogP contribution in [0.4, 0.5) is 0 Å². The van der Waals surface area contributed by atoms with Gasteiger partial charge in [-0.25, -0.2) is 0 Å². The van der Waals surface area contributed by atoms with Crippen molar-refractivity contribution in [1.29, 1.82) is 0 Å². The van der Waals surface area contributed by atoms with Crippen LogP contribution in [0.25, 0.3) is 11.3 Å². The molecule has 3 nitrogen and oxygen atoms in total. The molecule has 0 radical (unpaired) electrons. The number of aromatic nitrogens is 1. The number of carbonyl (C=O) groups is 1. The van der Waals surface area contributed by atoms with Gasteiger partial charge in [-0.15, -0.1) is 0 Å². The van der Waals surface area contributed by atoms with Gasteiger partial charge >= 0.3 is 0 Å². The fourth-order valence-corrected chi connectivity index (χ4v) is 4.83. The first-order chi connectivity index (χ1) is 13.7. The Morgan fingerprint density at radius 1 is 0.893 bits per heavy atom. The zero-order valence-electron chi connectivity index (χ0n) is 16.4. The van der Waals surface area contributed by atoms with Crippen molar-refractivity contribution < 1.29 is 4.79 Å². The molecule has 28 heavy (non-hydrogen) atoms. The summed E-state index contributed by atoms with van der Waals surface area (Å²) in [5.41, 5.74) is 8.54. The fraction of sp³-hybridized carbons (Fsp3) is 0.320. The minimum absolute atomic E-state index is 0.147. The Morgan fingerprint density at radius 3 is 2.57 bits per heavy atom. The van der Waals surface area contributed by atoms with Crippen LogP contribution in [0.3, 0.4) is 0 Å². The summed E-state index contributed by atoms with van der Waals surface area (Å²) in [7, 11) is 0. The molecule has 0 aliphatic carbocycles. The molecule has 2 aliphatic rings. The molecule has 0 atom stereocenters. The van der Waals surface area contributed by atoms with Crippen LogP contribution in [0.15, 0.2) is 54.6 Å². The molecule has 0 fully saturated rings. The maximum absolute atomic E-state index is 13.5. The number of fused-ring (bicyclic) bond motifs is 2. The highest BCUT2D eigenvalue weighted by molar-refractivity contribution is 6.00. The number of aryl methyl sites for hydroxylation is 1. The van der Waals surface area contributed by atoms with Crippen molar-refractivity contribution in [2.75, 3.05) is 6.54 Å². The molecule has 2 aliphatic heterocycles. The number of benzene rings is 2. The van der Waals surface area contributed by atoms with Gasteiger partial charge in [0.05, 0.1) is 0 Å². The average Bonchev–Trinajstić information content (AvgIpc) is 3.09. The largest absolute Gasteiger partial charge is 0.344 e. The molecule has 0 bridgehead atoms. The number of hydrogen-bond donors (Lipinski definition) is 0. The minimum Gasteiger partial charge on any atom is -0.344 e. The quantitative estimate of drug-likeness (QED) is 0.623. The normalized spacial score (nSPS) is 15.8. The van der Waals surface area contributed by atoms with E-state index >= 15 is 0 Å². The Hall–Kier alpha value is -2.81. The molecular weight excluding hydrogens is 344 g/mol. The molecule has 0 saturated carbocycles. The molecule has 0 spiro atoms. The summed E-state index contributed by atoms with van der Waals surface area (Å²) in [6.45, 7) is 4.74. The maximum atomic E-state index is 13.5. The van der Waals surface area contributed by atoms with Gasteiger partial charge in [-0.2, -0.15) is 0 Å². The van der Waals surface area contributed by atoms with E-state index in [9.17, 15) is 4.79 Å². The summed E-state index contributed by atoms with van der Waals surface area (Å²) < 4.78 is 2.44. The molecule has 3 heteroatoms. The summed E-state index contributed by atoms with van der Waals surface area (Å²) in [4.78, 5) is 15.5. The topological polar surface area (TPSA) is 25.2 Å². The van der Waals surface area contributed by atoms with Gasteiger partial charge in [-0.1, -0.05) is 42.5 Å². The highest BCUT2D eigenvalue weighted by atomic mass is 16.2. The van der Waals surface area contributed by atoms with Crippen molar-refractivity contribution in [3.8, 4) is 11.3 Å². The molecule has 2 aromatic carbocycles. The zero-order valence-corrected chi connectivity index (χ0v) is 16.4. The molecule has 142 valence electrons. The van der Waals surface area contributed by atoms with Crippen LogP contribution in [0.5, 0.6) is 0 Å². The van der Waals surface area contributed by atoms with Crippen molar-refractivity contribution in [3.63, 3.8) is 0 Å². The molecule has 5 rings (SSSR count). The molecule has 0 saturated heterocycles. The van der Waals surface area contributed by atoms with E-state index in [1.807, 2.05) is 17.0 Å². The van der Waals surface area contributed by atoms with Gasteiger partial charge in [-0.05, 0) is 61.4 Å². The summed E-state index contributed by atoms with van der Waals surface area (Å²) in [5, 5.41) is 0. The first-order valence-electron chi connectivity index (χ1n) is 10.4. The third kappa shape index (κ3) is 2.86. The minimum atomic E-state index is 0.147. The highest BCUT2D eigenvalue weighted by Gasteiger charge is 2.25. The lowest BCUT2D eigenvalue weighted by atomic mass is 9.97. The Balaban J connectivity index is 1.52. The van der Waals surface area contributed by atoms with Crippen LogP contribution in [-0.4, -0.2) is 21.9 Å². The first kappa shape index (κ1) is 17.3. The van der Waals surface area contributed by atoms with E-state index in [0.717, 1.165) is 37.1 Å². The van der Waals surface area contributed by atoms with E-state index in [1.165, 1.54) is 40.9 Å². The number of hydrogen-bond acceptors (Lipinski definition) is 1. The molecule has 0 unspecified atom stereocenters. The Labute approximate surface area is 166 Å². The lowest BCUT2D eigenvalue weighted by Crippen LogP contribution is -2.36. The molecule has 3 heterocycles. The fourth-order valence-electron chi connectivity index (χ4n) is 4.83. The van der Waals surface area contributed by atoms with Crippen molar-refractivity contribution in [2.45, 2.75) is 45.7 Å². The first-order valence-corrected chi connectivity index (χ1v) is 10.4. The van der Waals surface area contributed by atoms with E-state index in [1.54, 1.807) is 0 Å². The van der Waals surface area contributed by atoms with Gasteiger partial charge in [0.15, 0.2) is 0 Å². The lowest BCUT2D eigenvalue weighted by molar-refractivity contribution is 0.0735. The third-order valence-corrected chi connectivity index (χ3v) is 6.32. The summed E-state index contributed by atoms with van der Waals surface area (Å²) >= 11 is 0. The number of rotatable bonds is 2. The number of nitrogens with zero attached hydrogens (tertiary/aromatic N) is 2. The van der Waals surface area contributed by atoms with Gasteiger partial charge in [0.2, 0.25) is 0 Å². The van der Waals surface area contributed by atoms with Crippen LogP contribution in [0.1, 0.15) is 45.6 Å². The highest BCUT2D eigenvalue weighted by Crippen LogP contribution is 2.33. The second-order valence-electron chi connectivity index (χ2n) is 8.06. The monoisotopic (exact) mass is 370 g/mol. The number of amides is 1. The predicted molar refractivity (Wildman–Crippen MR) is 112 cm³/mol. The average molecular weight is 370 g/mol. The van der Waals surface area contributed by atoms with E-state index < -0.39 is 0 Å². The van der Waals surface area contributed by atoms with Gasteiger partial charge in [-0.3, -0.25) is 4.79 Å². The summed E-state index contributed by atoms with van der Waals surface area (Å²) in [6.07, 6.45) is 4.56. The molecule has 0 N–H and O–H groups in total. The van der Waals surface area contributed by atoms with E-state index in [0.29, 0.717) is 6.54 Å².